The van der Waals surface area contributed by atoms with Gasteiger partial charge >= 0.3 is 6.03 Å². The van der Waals surface area contributed by atoms with Crippen LogP contribution in [0.3, 0.4) is 0 Å². The molecule has 0 spiro atoms. The third-order valence-electron chi connectivity index (χ3n) is 7.13. The number of nitrogens with zero attached hydrogens (tertiary/aromatic N) is 2. The first-order valence-electron chi connectivity index (χ1n) is 13.2. The van der Waals surface area contributed by atoms with Crippen LogP contribution in [0.25, 0.3) is 0 Å². The van der Waals surface area contributed by atoms with E-state index in [1.54, 1.807) is 21.3 Å². The van der Waals surface area contributed by atoms with Crippen molar-refractivity contribution in [3.8, 4) is 17.2 Å². The monoisotopic (exact) mass is 545 g/mol. The molecule has 3 heterocycles. The van der Waals surface area contributed by atoms with Crippen LogP contribution in [0.1, 0.15) is 52.0 Å². The molecule has 2 aromatic rings. The highest BCUT2D eigenvalue weighted by Crippen LogP contribution is 2.40. The van der Waals surface area contributed by atoms with E-state index in [0.29, 0.717) is 53.9 Å². The fraction of sp³-hybridized carbons (Fsp3) is 0.556. The summed E-state index contributed by atoms with van der Waals surface area (Å²) in [5, 5.41) is 6.32. The van der Waals surface area contributed by atoms with Gasteiger partial charge in [0.15, 0.2) is 11.5 Å². The lowest BCUT2D eigenvalue weighted by Crippen LogP contribution is -2.31. The van der Waals surface area contributed by atoms with E-state index in [4.69, 9.17) is 19.9 Å². The highest BCUT2D eigenvalue weighted by Gasteiger charge is 2.28. The number of likely N-dealkylation sites (tertiary alicyclic amines) is 1. The molecule has 0 saturated carbocycles. The molecule has 0 atom stereocenters. The van der Waals surface area contributed by atoms with E-state index in [2.05, 4.69) is 20.4 Å². The number of primary amides is 1. The maximum Gasteiger partial charge on any atom is 0.319 e. The maximum absolute atomic E-state index is 12.6. The number of amides is 3. The molecule has 1 saturated heterocycles. The van der Waals surface area contributed by atoms with Crippen LogP contribution in [0.15, 0.2) is 12.1 Å². The quantitative estimate of drug-likeness (QED) is 0.350. The van der Waals surface area contributed by atoms with Gasteiger partial charge in [-0.15, -0.1) is 11.3 Å². The van der Waals surface area contributed by atoms with E-state index in [1.165, 1.54) is 37.3 Å². The average molecular weight is 546 g/mol. The molecule has 0 bridgehead atoms. The molecule has 1 fully saturated rings. The minimum atomic E-state index is -0.513. The topological polar surface area (TPSA) is 118 Å². The second kappa shape index (κ2) is 13.2. The van der Waals surface area contributed by atoms with Crippen LogP contribution in [0.4, 0.5) is 9.80 Å². The number of fused-ring (bicyclic) bond motifs is 1. The summed E-state index contributed by atoms with van der Waals surface area (Å²) in [4.78, 5) is 30.7. The minimum absolute atomic E-state index is 0.304. The van der Waals surface area contributed by atoms with Crippen LogP contribution >= 0.6 is 11.3 Å². The van der Waals surface area contributed by atoms with Gasteiger partial charge in [0.25, 0.3) is 5.91 Å². The Hall–Kier alpha value is -3.02. The zero-order chi connectivity index (χ0) is 27.1. The summed E-state index contributed by atoms with van der Waals surface area (Å²) in [6, 6.07) is 3.59. The molecule has 1 aromatic heterocycles. The number of ether oxygens (including phenoxy) is 3. The molecule has 1 aromatic carbocycles. The third kappa shape index (κ3) is 6.69. The Kier molecular flexibility index (Phi) is 9.70. The third-order valence-corrected chi connectivity index (χ3v) is 8.26. The number of carbonyl (C=O) groups is 2. The normalized spacial score (nSPS) is 15.7. The molecular weight excluding hydrogens is 506 g/mol. The van der Waals surface area contributed by atoms with Crippen LogP contribution < -0.4 is 30.6 Å². The fourth-order valence-electron chi connectivity index (χ4n) is 5.24. The first kappa shape index (κ1) is 28.0. The Morgan fingerprint density at radius 1 is 1.00 bits per heavy atom. The number of unbranched alkanes of at least 4 members (excludes halogenated alkanes) is 1. The van der Waals surface area contributed by atoms with Crippen molar-refractivity contribution in [2.24, 2.45) is 5.73 Å². The van der Waals surface area contributed by atoms with E-state index < -0.39 is 5.91 Å². The summed E-state index contributed by atoms with van der Waals surface area (Å²) < 4.78 is 16.4. The fourth-order valence-corrected chi connectivity index (χ4v) is 6.53. The number of rotatable bonds is 12. The Morgan fingerprint density at radius 3 is 2.34 bits per heavy atom. The Bertz CT molecular complexity index is 1110. The molecule has 0 radical (unpaired) electrons. The van der Waals surface area contributed by atoms with Crippen molar-refractivity contribution in [2.75, 3.05) is 59.4 Å². The van der Waals surface area contributed by atoms with Crippen LogP contribution in [-0.2, 0) is 19.5 Å². The van der Waals surface area contributed by atoms with E-state index in [1.807, 2.05) is 12.1 Å². The van der Waals surface area contributed by atoms with E-state index >= 15 is 0 Å². The SMILES string of the molecule is COc1cc(CN2CCc3c(sc(NC(=O)NCCCCN4CCCC4)c3C(N)=O)C2)cc(OC)c1OC. The molecule has 38 heavy (non-hydrogen) atoms. The number of methoxy groups -OCH3 is 3. The summed E-state index contributed by atoms with van der Waals surface area (Å²) in [5.74, 6) is 1.27. The molecule has 2 aliphatic rings. The molecule has 3 amide bonds. The standard InChI is InChI=1S/C27H39N5O5S/c1-35-20-14-18(15-21(36-2)24(20)37-3)16-32-13-8-19-22(17-32)38-26(23(19)25(28)33)30-27(34)29-9-4-5-10-31-11-6-7-12-31/h14-15H,4-13,16-17H2,1-3H3,(H2,28,33)(H2,29,30,34). The number of nitrogens with two attached hydrogens (primary N) is 1. The first-order valence-corrected chi connectivity index (χ1v) is 14.0. The number of hydrogen-bond acceptors (Lipinski definition) is 8. The zero-order valence-electron chi connectivity index (χ0n) is 22.6. The van der Waals surface area contributed by atoms with Gasteiger partial charge in [-0.1, -0.05) is 0 Å². The molecule has 0 aliphatic carbocycles. The number of carbonyl (C=O) groups excluding carboxylic acids is 2. The van der Waals surface area contributed by atoms with Gasteiger partial charge in [0.2, 0.25) is 5.75 Å². The Balaban J connectivity index is 1.36. The van der Waals surface area contributed by atoms with Gasteiger partial charge in [-0.05, 0) is 75.0 Å². The minimum Gasteiger partial charge on any atom is -0.493 e. The smallest absolute Gasteiger partial charge is 0.319 e. The van der Waals surface area contributed by atoms with Crippen molar-refractivity contribution >= 4 is 28.3 Å². The highest BCUT2D eigenvalue weighted by atomic mass is 32.1. The molecule has 2 aliphatic heterocycles. The van der Waals surface area contributed by atoms with Gasteiger partial charge in [-0.2, -0.15) is 0 Å². The van der Waals surface area contributed by atoms with Crippen LogP contribution in [0, 0.1) is 0 Å². The molecular formula is C27H39N5O5S. The van der Waals surface area contributed by atoms with Crippen molar-refractivity contribution in [2.45, 2.75) is 45.2 Å². The zero-order valence-corrected chi connectivity index (χ0v) is 23.4. The van der Waals surface area contributed by atoms with Crippen molar-refractivity contribution in [3.63, 3.8) is 0 Å². The molecule has 0 unspecified atom stereocenters. The average Bonchev–Trinajstić information content (AvgIpc) is 3.55. The van der Waals surface area contributed by atoms with Crippen molar-refractivity contribution in [1.29, 1.82) is 0 Å². The maximum atomic E-state index is 12.6. The van der Waals surface area contributed by atoms with Crippen molar-refractivity contribution in [3.05, 3.63) is 33.7 Å². The molecule has 10 nitrogen and oxygen atoms in total. The van der Waals surface area contributed by atoms with E-state index in [-0.39, 0.29) is 6.03 Å². The number of urea groups is 1. The summed E-state index contributed by atoms with van der Waals surface area (Å²) in [5.41, 5.74) is 8.14. The van der Waals surface area contributed by atoms with Gasteiger partial charge in [-0.25, -0.2) is 4.79 Å². The number of thiophene rings is 1. The van der Waals surface area contributed by atoms with Crippen LogP contribution in [0.2, 0.25) is 0 Å². The molecule has 208 valence electrons. The summed E-state index contributed by atoms with van der Waals surface area (Å²) in [7, 11) is 4.79. The lowest BCUT2D eigenvalue weighted by Gasteiger charge is -2.27. The van der Waals surface area contributed by atoms with Crippen molar-refractivity contribution in [1.82, 2.24) is 15.1 Å². The second-order valence-electron chi connectivity index (χ2n) is 9.70. The Labute approximate surface area is 228 Å². The lowest BCUT2D eigenvalue weighted by molar-refractivity contribution is 0.0999. The number of hydrogen-bond donors (Lipinski definition) is 3. The molecule has 11 heteroatoms. The van der Waals surface area contributed by atoms with E-state index in [9.17, 15) is 9.59 Å². The number of nitrogens with one attached hydrogen (secondary N) is 2. The summed E-state index contributed by atoms with van der Waals surface area (Å²) in [6.45, 7) is 6.12. The van der Waals surface area contributed by atoms with Gasteiger partial charge in [0.05, 0.1) is 26.9 Å². The summed E-state index contributed by atoms with van der Waals surface area (Å²) >= 11 is 1.42. The highest BCUT2D eigenvalue weighted by molar-refractivity contribution is 7.17. The van der Waals surface area contributed by atoms with Gasteiger partial charge < -0.3 is 30.2 Å². The predicted molar refractivity (Wildman–Crippen MR) is 149 cm³/mol. The number of benzene rings is 1. The Morgan fingerprint density at radius 2 is 1.71 bits per heavy atom. The van der Waals surface area contributed by atoms with Crippen LogP contribution in [-0.4, -0.2) is 75.8 Å². The van der Waals surface area contributed by atoms with Gasteiger partial charge in [-0.3, -0.25) is 15.0 Å². The second-order valence-corrected chi connectivity index (χ2v) is 10.8. The van der Waals surface area contributed by atoms with Gasteiger partial charge in [0.1, 0.15) is 5.00 Å². The summed E-state index contributed by atoms with van der Waals surface area (Å²) in [6.07, 6.45) is 5.23. The largest absolute Gasteiger partial charge is 0.493 e. The van der Waals surface area contributed by atoms with E-state index in [0.717, 1.165) is 41.9 Å². The molecule has 4 rings (SSSR count). The van der Waals surface area contributed by atoms with Gasteiger partial charge in [0, 0.05) is 31.1 Å². The first-order chi connectivity index (χ1) is 18.4. The van der Waals surface area contributed by atoms with Crippen molar-refractivity contribution < 1.29 is 23.8 Å². The van der Waals surface area contributed by atoms with Crippen LogP contribution in [0.5, 0.6) is 17.2 Å². The predicted octanol–water partition coefficient (Wildman–Crippen LogP) is 3.43. The number of anilines is 1. The lowest BCUT2D eigenvalue weighted by atomic mass is 10.0. The molecule has 4 N–H and O–H groups in total.